The molecule has 0 aliphatic carbocycles. The number of anilines is 2. The number of carbonyl (C=O) groups is 2. The normalized spacial score (nSPS) is 10.2. The molecule has 2 rings (SSSR count). The van der Waals surface area contributed by atoms with Crippen LogP contribution in [0.3, 0.4) is 0 Å². The molecule has 1 aromatic heterocycles. The fourth-order valence-electron chi connectivity index (χ4n) is 1.92. The average molecular weight is 317 g/mol. The quantitative estimate of drug-likeness (QED) is 0.688. The first-order chi connectivity index (χ1) is 10.7. The highest BCUT2D eigenvalue weighted by Crippen LogP contribution is 2.17. The van der Waals surface area contributed by atoms with Crippen molar-refractivity contribution in [1.29, 1.82) is 0 Å². The van der Waals surface area contributed by atoms with Gasteiger partial charge in [0.05, 0.1) is 4.88 Å². The van der Waals surface area contributed by atoms with Gasteiger partial charge in [0.25, 0.3) is 5.91 Å². The highest BCUT2D eigenvalue weighted by molar-refractivity contribution is 7.12. The molecule has 0 fully saturated rings. The van der Waals surface area contributed by atoms with Crippen molar-refractivity contribution in [2.45, 2.75) is 12.8 Å². The summed E-state index contributed by atoms with van der Waals surface area (Å²) in [5.41, 5.74) is 1.34. The zero-order valence-electron chi connectivity index (χ0n) is 12.4. The molecule has 2 amide bonds. The molecule has 1 heterocycles. The van der Waals surface area contributed by atoms with E-state index in [1.807, 2.05) is 18.5 Å². The molecule has 0 aliphatic rings. The van der Waals surface area contributed by atoms with Gasteiger partial charge in [-0.1, -0.05) is 12.1 Å². The van der Waals surface area contributed by atoms with E-state index in [0.717, 1.165) is 13.0 Å². The topological polar surface area (TPSA) is 70.2 Å². The van der Waals surface area contributed by atoms with E-state index in [-0.39, 0.29) is 11.8 Å². The number of carbonyl (C=O) groups excluding carboxylic acids is 2. The standard InChI is InChI=1S/C16H19N3O2S/c1-17-9-3-8-15(20)18-12-5-2-6-13(11-12)19-16(21)14-7-4-10-22-14/h2,4-7,10-11,17H,3,8-9H2,1H3,(H,18,20)(H,19,21). The number of benzene rings is 1. The van der Waals surface area contributed by atoms with Crippen LogP contribution in [0.1, 0.15) is 22.5 Å². The van der Waals surface area contributed by atoms with Crippen LogP contribution in [0.2, 0.25) is 0 Å². The summed E-state index contributed by atoms with van der Waals surface area (Å²) in [7, 11) is 1.86. The predicted molar refractivity (Wildman–Crippen MR) is 90.5 cm³/mol. The van der Waals surface area contributed by atoms with E-state index in [1.165, 1.54) is 11.3 Å². The van der Waals surface area contributed by atoms with Crippen molar-refractivity contribution in [2.75, 3.05) is 24.2 Å². The Bertz CT molecular complexity index is 626. The molecule has 22 heavy (non-hydrogen) atoms. The summed E-state index contributed by atoms with van der Waals surface area (Å²) in [6.45, 7) is 0.810. The molecule has 3 N–H and O–H groups in total. The summed E-state index contributed by atoms with van der Waals surface area (Å²) in [4.78, 5) is 24.4. The number of thiophene rings is 1. The predicted octanol–water partition coefficient (Wildman–Crippen LogP) is 2.94. The van der Waals surface area contributed by atoms with Gasteiger partial charge in [-0.05, 0) is 49.7 Å². The Morgan fingerprint density at radius 2 is 1.86 bits per heavy atom. The number of hydrogen-bond acceptors (Lipinski definition) is 4. The second-order valence-corrected chi connectivity index (χ2v) is 5.72. The molecule has 6 heteroatoms. The van der Waals surface area contributed by atoms with Crippen LogP contribution in [0.4, 0.5) is 11.4 Å². The van der Waals surface area contributed by atoms with Crippen molar-refractivity contribution in [1.82, 2.24) is 5.32 Å². The summed E-state index contributed by atoms with van der Waals surface area (Å²) in [6.07, 6.45) is 1.25. The maximum absolute atomic E-state index is 12.0. The summed E-state index contributed by atoms with van der Waals surface area (Å²) in [5, 5.41) is 10.5. The molecule has 0 saturated carbocycles. The van der Waals surface area contributed by atoms with E-state index < -0.39 is 0 Å². The van der Waals surface area contributed by atoms with Gasteiger partial charge in [0, 0.05) is 17.8 Å². The number of rotatable bonds is 7. The summed E-state index contributed by atoms with van der Waals surface area (Å²) in [5.74, 6) is -0.176. The monoisotopic (exact) mass is 317 g/mol. The lowest BCUT2D eigenvalue weighted by Gasteiger charge is -2.08. The Balaban J connectivity index is 1.92. The lowest BCUT2D eigenvalue weighted by molar-refractivity contribution is -0.116. The third-order valence-electron chi connectivity index (χ3n) is 2.98. The number of amides is 2. The molecule has 5 nitrogen and oxygen atoms in total. The first-order valence-corrected chi connectivity index (χ1v) is 7.96. The maximum Gasteiger partial charge on any atom is 0.265 e. The van der Waals surface area contributed by atoms with Crippen LogP contribution >= 0.6 is 11.3 Å². The van der Waals surface area contributed by atoms with E-state index >= 15 is 0 Å². The van der Waals surface area contributed by atoms with E-state index in [0.29, 0.717) is 22.7 Å². The first-order valence-electron chi connectivity index (χ1n) is 7.08. The molecule has 0 radical (unpaired) electrons. The Labute approximate surface area is 133 Å². The van der Waals surface area contributed by atoms with Gasteiger partial charge < -0.3 is 16.0 Å². The summed E-state index contributed by atoms with van der Waals surface area (Å²) in [6, 6.07) is 10.8. The lowest BCUT2D eigenvalue weighted by Crippen LogP contribution is -2.15. The minimum Gasteiger partial charge on any atom is -0.326 e. The van der Waals surface area contributed by atoms with Gasteiger partial charge >= 0.3 is 0 Å². The molecule has 1 aromatic carbocycles. The number of hydrogen-bond donors (Lipinski definition) is 3. The molecule has 0 saturated heterocycles. The van der Waals surface area contributed by atoms with Crippen LogP contribution in [-0.4, -0.2) is 25.4 Å². The number of nitrogens with one attached hydrogen (secondary N) is 3. The van der Waals surface area contributed by atoms with Gasteiger partial charge in [-0.2, -0.15) is 0 Å². The van der Waals surface area contributed by atoms with Crippen molar-refractivity contribution >= 4 is 34.5 Å². The van der Waals surface area contributed by atoms with E-state index in [9.17, 15) is 9.59 Å². The third-order valence-corrected chi connectivity index (χ3v) is 3.85. The van der Waals surface area contributed by atoms with Gasteiger partial charge in [-0.25, -0.2) is 0 Å². The second-order valence-electron chi connectivity index (χ2n) is 4.77. The Morgan fingerprint density at radius 3 is 2.55 bits per heavy atom. The van der Waals surface area contributed by atoms with E-state index in [4.69, 9.17) is 0 Å². The van der Waals surface area contributed by atoms with Crippen molar-refractivity contribution in [2.24, 2.45) is 0 Å². The first kappa shape index (κ1) is 16.2. The van der Waals surface area contributed by atoms with Crippen LogP contribution < -0.4 is 16.0 Å². The highest BCUT2D eigenvalue weighted by Gasteiger charge is 2.08. The van der Waals surface area contributed by atoms with E-state index in [1.54, 1.807) is 30.3 Å². The molecule has 116 valence electrons. The van der Waals surface area contributed by atoms with Gasteiger partial charge in [-0.15, -0.1) is 11.3 Å². The second kappa shape index (κ2) is 8.31. The summed E-state index contributed by atoms with van der Waals surface area (Å²) >= 11 is 1.39. The van der Waals surface area contributed by atoms with E-state index in [2.05, 4.69) is 16.0 Å². The largest absolute Gasteiger partial charge is 0.326 e. The fourth-order valence-corrected chi connectivity index (χ4v) is 2.54. The minimum absolute atomic E-state index is 0.0306. The molecule has 2 aromatic rings. The molecule has 0 aliphatic heterocycles. The van der Waals surface area contributed by atoms with Crippen LogP contribution in [0.25, 0.3) is 0 Å². The van der Waals surface area contributed by atoms with Crippen molar-refractivity contribution in [3.63, 3.8) is 0 Å². The SMILES string of the molecule is CNCCCC(=O)Nc1cccc(NC(=O)c2cccs2)c1. The molecule has 0 atom stereocenters. The van der Waals surface area contributed by atoms with Crippen LogP contribution in [-0.2, 0) is 4.79 Å². The zero-order valence-corrected chi connectivity index (χ0v) is 13.2. The minimum atomic E-state index is -0.146. The fraction of sp³-hybridized carbons (Fsp3) is 0.250. The lowest BCUT2D eigenvalue weighted by atomic mass is 10.2. The maximum atomic E-state index is 12.0. The van der Waals surface area contributed by atoms with Gasteiger partial charge in [-0.3, -0.25) is 9.59 Å². The van der Waals surface area contributed by atoms with Gasteiger partial charge in [0.1, 0.15) is 0 Å². The van der Waals surface area contributed by atoms with Crippen molar-refractivity contribution in [3.05, 3.63) is 46.7 Å². The average Bonchev–Trinajstić information content (AvgIpc) is 3.02. The Morgan fingerprint density at radius 1 is 1.09 bits per heavy atom. The zero-order chi connectivity index (χ0) is 15.8. The Hall–Kier alpha value is -2.18. The molecule has 0 bridgehead atoms. The van der Waals surface area contributed by atoms with Gasteiger partial charge in [0.15, 0.2) is 0 Å². The van der Waals surface area contributed by atoms with Crippen LogP contribution in [0.5, 0.6) is 0 Å². The molecular weight excluding hydrogens is 298 g/mol. The third kappa shape index (κ3) is 4.98. The molecule has 0 unspecified atom stereocenters. The van der Waals surface area contributed by atoms with Crippen molar-refractivity contribution < 1.29 is 9.59 Å². The smallest absolute Gasteiger partial charge is 0.265 e. The summed E-state index contributed by atoms with van der Waals surface area (Å²) < 4.78 is 0. The van der Waals surface area contributed by atoms with Crippen LogP contribution in [0, 0.1) is 0 Å². The van der Waals surface area contributed by atoms with Crippen molar-refractivity contribution in [3.8, 4) is 0 Å². The molecular formula is C16H19N3O2S. The van der Waals surface area contributed by atoms with Gasteiger partial charge in [0.2, 0.25) is 5.91 Å². The molecule has 0 spiro atoms. The highest BCUT2D eigenvalue weighted by atomic mass is 32.1. The Kier molecular flexibility index (Phi) is 6.12. The van der Waals surface area contributed by atoms with Crippen LogP contribution in [0.15, 0.2) is 41.8 Å².